The van der Waals surface area contributed by atoms with Crippen molar-refractivity contribution in [2.75, 3.05) is 6.54 Å². The predicted molar refractivity (Wildman–Crippen MR) is 81.8 cm³/mol. The number of sulfonamides is 1. The van der Waals surface area contributed by atoms with Gasteiger partial charge in [0.1, 0.15) is 6.04 Å². The van der Waals surface area contributed by atoms with Gasteiger partial charge in [-0.1, -0.05) is 29.8 Å². The number of nitrogens with one attached hydrogen (secondary N) is 2. The summed E-state index contributed by atoms with van der Waals surface area (Å²) in [6, 6.07) is 5.47. The minimum absolute atomic E-state index is 0.135. The lowest BCUT2D eigenvalue weighted by atomic mass is 10.1. The van der Waals surface area contributed by atoms with Crippen LogP contribution in [-0.4, -0.2) is 26.9 Å². The first-order valence-electron chi connectivity index (χ1n) is 6.33. The molecule has 0 saturated heterocycles. The second-order valence-corrected chi connectivity index (χ2v) is 7.32. The topological polar surface area (TPSA) is 75.3 Å². The third kappa shape index (κ3) is 4.57. The molecule has 0 saturated carbocycles. The molecule has 1 aromatic rings. The molecule has 2 N–H and O–H groups in total. The number of likely N-dealkylation sites (N-methyl/N-ethyl adjacent to an activating group) is 1. The highest BCUT2D eigenvalue weighted by atomic mass is 79.9. The third-order valence-electron chi connectivity index (χ3n) is 2.71. The van der Waals surface area contributed by atoms with Crippen LogP contribution in [0.1, 0.15) is 20.8 Å². The van der Waals surface area contributed by atoms with E-state index in [0.717, 1.165) is 4.47 Å². The van der Waals surface area contributed by atoms with Crippen molar-refractivity contribution in [1.82, 2.24) is 10.0 Å². The van der Waals surface area contributed by atoms with Gasteiger partial charge in [0.2, 0.25) is 15.9 Å². The molecule has 1 amide bonds. The van der Waals surface area contributed by atoms with E-state index in [4.69, 9.17) is 0 Å². The lowest BCUT2D eigenvalue weighted by Crippen LogP contribution is -2.49. The van der Waals surface area contributed by atoms with E-state index in [1.54, 1.807) is 32.9 Å². The van der Waals surface area contributed by atoms with Crippen LogP contribution >= 0.6 is 15.9 Å². The molecule has 0 aromatic heterocycles. The monoisotopic (exact) mass is 362 g/mol. The minimum atomic E-state index is -3.72. The van der Waals surface area contributed by atoms with Crippen molar-refractivity contribution >= 4 is 31.9 Å². The van der Waals surface area contributed by atoms with E-state index in [2.05, 4.69) is 26.0 Å². The van der Waals surface area contributed by atoms with Gasteiger partial charge >= 0.3 is 0 Å². The molecule has 7 heteroatoms. The fourth-order valence-electron chi connectivity index (χ4n) is 1.63. The summed E-state index contributed by atoms with van der Waals surface area (Å²) in [6.07, 6.45) is 0. The van der Waals surface area contributed by atoms with Gasteiger partial charge in [-0.3, -0.25) is 4.79 Å². The lowest BCUT2D eigenvalue weighted by Gasteiger charge is -2.21. The Labute approximate surface area is 128 Å². The van der Waals surface area contributed by atoms with Crippen LogP contribution in [0.15, 0.2) is 33.6 Å². The molecule has 1 aromatic carbocycles. The second kappa shape index (κ2) is 7.19. The van der Waals surface area contributed by atoms with Crippen molar-refractivity contribution in [2.45, 2.75) is 31.7 Å². The van der Waals surface area contributed by atoms with Crippen molar-refractivity contribution < 1.29 is 13.2 Å². The summed E-state index contributed by atoms with van der Waals surface area (Å²) in [5.41, 5.74) is 0. The van der Waals surface area contributed by atoms with Gasteiger partial charge < -0.3 is 5.32 Å². The fourth-order valence-corrected chi connectivity index (χ4v) is 3.23. The van der Waals surface area contributed by atoms with Gasteiger partial charge in [-0.15, -0.1) is 0 Å². The third-order valence-corrected chi connectivity index (χ3v) is 4.69. The summed E-state index contributed by atoms with van der Waals surface area (Å²) in [7, 11) is -3.72. The number of halogens is 1. The first-order valence-corrected chi connectivity index (χ1v) is 8.61. The molecular formula is C13H19BrN2O3S. The summed E-state index contributed by atoms with van der Waals surface area (Å²) in [5.74, 6) is -0.463. The zero-order valence-electron chi connectivity index (χ0n) is 11.7. The fraction of sp³-hybridized carbons (Fsp3) is 0.462. The van der Waals surface area contributed by atoms with Crippen LogP contribution in [0, 0.1) is 5.92 Å². The van der Waals surface area contributed by atoms with Crippen LogP contribution in [0.5, 0.6) is 0 Å². The molecule has 20 heavy (non-hydrogen) atoms. The molecule has 0 aliphatic rings. The molecule has 112 valence electrons. The van der Waals surface area contributed by atoms with Gasteiger partial charge in [-0.25, -0.2) is 8.42 Å². The minimum Gasteiger partial charge on any atom is -0.355 e. The van der Waals surface area contributed by atoms with Crippen LogP contribution in [0.3, 0.4) is 0 Å². The Kier molecular flexibility index (Phi) is 6.16. The Morgan fingerprint density at radius 2 is 1.80 bits per heavy atom. The Morgan fingerprint density at radius 1 is 1.25 bits per heavy atom. The van der Waals surface area contributed by atoms with Crippen molar-refractivity contribution in [3.63, 3.8) is 0 Å². The van der Waals surface area contributed by atoms with E-state index in [-0.39, 0.29) is 16.7 Å². The molecule has 1 atom stereocenters. The largest absolute Gasteiger partial charge is 0.355 e. The summed E-state index contributed by atoms with van der Waals surface area (Å²) in [6.45, 7) is 5.84. The SMILES string of the molecule is CCNC(=O)[C@@H](NS(=O)(=O)c1ccc(Br)cc1)C(C)C. The standard InChI is InChI=1S/C13H19BrN2O3S/c1-4-15-13(17)12(9(2)3)16-20(18,19)11-7-5-10(14)6-8-11/h5-9,12,16H,4H2,1-3H3,(H,15,17)/t12-/m0/s1. The van der Waals surface area contributed by atoms with Gasteiger partial charge in [0.25, 0.3) is 0 Å². The van der Waals surface area contributed by atoms with Crippen LogP contribution < -0.4 is 10.0 Å². The quantitative estimate of drug-likeness (QED) is 0.811. The van der Waals surface area contributed by atoms with Gasteiger partial charge in [-0.2, -0.15) is 4.72 Å². The Balaban J connectivity index is 2.97. The van der Waals surface area contributed by atoms with Gasteiger partial charge in [0, 0.05) is 11.0 Å². The highest BCUT2D eigenvalue weighted by molar-refractivity contribution is 9.10. The maximum atomic E-state index is 12.3. The van der Waals surface area contributed by atoms with E-state index < -0.39 is 16.1 Å². The number of rotatable bonds is 6. The highest BCUT2D eigenvalue weighted by Gasteiger charge is 2.27. The average Bonchev–Trinajstić information content (AvgIpc) is 2.36. The number of hydrogen-bond donors (Lipinski definition) is 2. The van der Waals surface area contributed by atoms with E-state index in [1.807, 2.05) is 0 Å². The Hall–Kier alpha value is -0.920. The molecule has 5 nitrogen and oxygen atoms in total. The van der Waals surface area contributed by atoms with Gasteiger partial charge in [-0.05, 0) is 37.1 Å². The van der Waals surface area contributed by atoms with E-state index in [1.165, 1.54) is 12.1 Å². The van der Waals surface area contributed by atoms with Crippen molar-refractivity contribution in [3.8, 4) is 0 Å². The summed E-state index contributed by atoms with van der Waals surface area (Å²) in [5, 5.41) is 2.64. The number of hydrogen-bond acceptors (Lipinski definition) is 3. The smallest absolute Gasteiger partial charge is 0.241 e. The summed E-state index contributed by atoms with van der Waals surface area (Å²) in [4.78, 5) is 12.0. The molecule has 0 heterocycles. The lowest BCUT2D eigenvalue weighted by molar-refractivity contribution is -0.123. The normalized spacial score (nSPS) is 13.2. The molecule has 1 rings (SSSR count). The first-order chi connectivity index (χ1) is 9.27. The van der Waals surface area contributed by atoms with Crippen molar-refractivity contribution in [1.29, 1.82) is 0 Å². The average molecular weight is 363 g/mol. The first kappa shape index (κ1) is 17.1. The van der Waals surface area contributed by atoms with Gasteiger partial charge in [0.05, 0.1) is 4.90 Å². The number of carbonyl (C=O) groups is 1. The second-order valence-electron chi connectivity index (χ2n) is 4.69. The van der Waals surface area contributed by atoms with E-state index >= 15 is 0 Å². The van der Waals surface area contributed by atoms with E-state index in [9.17, 15) is 13.2 Å². The van der Waals surface area contributed by atoms with Crippen LogP contribution in [0.25, 0.3) is 0 Å². The van der Waals surface area contributed by atoms with Crippen molar-refractivity contribution in [2.24, 2.45) is 5.92 Å². The molecule has 0 unspecified atom stereocenters. The Morgan fingerprint density at radius 3 is 2.25 bits per heavy atom. The molecule has 0 radical (unpaired) electrons. The zero-order valence-corrected chi connectivity index (χ0v) is 14.1. The van der Waals surface area contributed by atoms with Crippen LogP contribution in [0.2, 0.25) is 0 Å². The molecule has 0 fully saturated rings. The molecule has 0 spiro atoms. The van der Waals surface area contributed by atoms with Crippen LogP contribution in [-0.2, 0) is 14.8 Å². The highest BCUT2D eigenvalue weighted by Crippen LogP contribution is 2.16. The zero-order chi connectivity index (χ0) is 15.3. The predicted octanol–water partition coefficient (Wildman–Crippen LogP) is 1.89. The maximum absolute atomic E-state index is 12.3. The molecule has 0 bridgehead atoms. The number of amides is 1. The van der Waals surface area contributed by atoms with Crippen LogP contribution in [0.4, 0.5) is 0 Å². The summed E-state index contributed by atoms with van der Waals surface area (Å²) >= 11 is 3.25. The molecule has 0 aliphatic heterocycles. The van der Waals surface area contributed by atoms with Crippen molar-refractivity contribution in [3.05, 3.63) is 28.7 Å². The Bertz CT molecular complexity index is 555. The van der Waals surface area contributed by atoms with Gasteiger partial charge in [0.15, 0.2) is 0 Å². The maximum Gasteiger partial charge on any atom is 0.241 e. The number of carbonyl (C=O) groups excluding carboxylic acids is 1. The van der Waals surface area contributed by atoms with E-state index in [0.29, 0.717) is 6.54 Å². The molecule has 0 aliphatic carbocycles. The number of benzene rings is 1. The molecular weight excluding hydrogens is 344 g/mol. The summed E-state index contributed by atoms with van der Waals surface area (Å²) < 4.78 is 27.8.